The average molecular weight is 481 g/mol. The molecule has 2 aromatic carbocycles. The van der Waals surface area contributed by atoms with Crippen molar-refractivity contribution in [3.63, 3.8) is 0 Å². The van der Waals surface area contributed by atoms with E-state index in [0.717, 1.165) is 9.83 Å². The van der Waals surface area contributed by atoms with E-state index in [1.807, 2.05) is 22.6 Å². The highest BCUT2D eigenvalue weighted by atomic mass is 127. The molecule has 0 saturated carbocycles. The first-order valence-corrected chi connectivity index (χ1v) is 9.96. The van der Waals surface area contributed by atoms with Gasteiger partial charge >= 0.3 is 0 Å². The molecule has 0 heterocycles. The monoisotopic (exact) mass is 480 g/mol. The van der Waals surface area contributed by atoms with Gasteiger partial charge < -0.3 is 10.1 Å². The fraction of sp³-hybridized carbons (Fsp3) is 0.133. The highest BCUT2D eigenvalue weighted by Gasteiger charge is 2.13. The van der Waals surface area contributed by atoms with E-state index in [1.165, 1.54) is 19.2 Å². The molecule has 0 aromatic heterocycles. The minimum atomic E-state index is -3.43. The van der Waals surface area contributed by atoms with Gasteiger partial charge in [0.1, 0.15) is 5.75 Å². The van der Waals surface area contributed by atoms with Crippen molar-refractivity contribution >= 4 is 61.5 Å². The molecule has 2 rings (SSSR count). The average Bonchev–Trinajstić information content (AvgIpc) is 2.49. The Balaban J connectivity index is 2.27. The molecule has 0 bridgehead atoms. The van der Waals surface area contributed by atoms with Crippen LogP contribution < -0.4 is 14.8 Å². The van der Waals surface area contributed by atoms with Crippen LogP contribution in [0.25, 0.3) is 0 Å². The van der Waals surface area contributed by atoms with E-state index in [-0.39, 0.29) is 11.6 Å². The van der Waals surface area contributed by atoms with Gasteiger partial charge in [-0.2, -0.15) is 0 Å². The standard InChI is InChI=1S/C15H14ClIN2O4S/c1-23-14-8-10(4-6-13(14)19-24(2,21)22)18-15(20)11-7-9(16)3-5-12(11)17/h3-8,19H,1-2H3,(H,18,20). The molecule has 9 heteroatoms. The maximum absolute atomic E-state index is 12.4. The van der Waals surface area contributed by atoms with Crippen LogP contribution in [-0.2, 0) is 10.0 Å². The predicted octanol–water partition coefficient (Wildman–Crippen LogP) is 3.58. The molecular weight excluding hydrogens is 467 g/mol. The number of sulfonamides is 1. The topological polar surface area (TPSA) is 84.5 Å². The van der Waals surface area contributed by atoms with Gasteiger partial charge in [0.25, 0.3) is 5.91 Å². The Kier molecular flexibility index (Phi) is 5.94. The van der Waals surface area contributed by atoms with Crippen molar-refractivity contribution in [2.45, 2.75) is 0 Å². The van der Waals surface area contributed by atoms with Crippen LogP contribution in [0.15, 0.2) is 36.4 Å². The molecular formula is C15H14ClIN2O4S. The van der Waals surface area contributed by atoms with E-state index in [9.17, 15) is 13.2 Å². The zero-order chi connectivity index (χ0) is 17.9. The third kappa shape index (κ3) is 4.99. The number of ether oxygens (including phenoxy) is 1. The lowest BCUT2D eigenvalue weighted by Crippen LogP contribution is -2.14. The second-order valence-electron chi connectivity index (χ2n) is 4.87. The van der Waals surface area contributed by atoms with Crippen LogP contribution in [0.4, 0.5) is 11.4 Å². The number of amides is 1. The Bertz CT molecular complexity index is 887. The molecule has 2 N–H and O–H groups in total. The first kappa shape index (κ1) is 18.8. The molecule has 2 aromatic rings. The molecule has 0 aliphatic heterocycles. The number of anilines is 2. The molecule has 1 amide bonds. The molecule has 0 saturated heterocycles. The van der Waals surface area contributed by atoms with Crippen LogP contribution in [-0.4, -0.2) is 27.7 Å². The number of nitrogens with one attached hydrogen (secondary N) is 2. The lowest BCUT2D eigenvalue weighted by Gasteiger charge is -2.13. The summed E-state index contributed by atoms with van der Waals surface area (Å²) in [5, 5.41) is 3.20. The first-order valence-electron chi connectivity index (χ1n) is 6.62. The summed E-state index contributed by atoms with van der Waals surface area (Å²) in [6.07, 6.45) is 1.04. The second-order valence-corrected chi connectivity index (χ2v) is 8.21. The Hall–Kier alpha value is -1.52. The SMILES string of the molecule is COc1cc(NC(=O)c2cc(Cl)ccc2I)ccc1NS(C)(=O)=O. The summed E-state index contributed by atoms with van der Waals surface area (Å²) >= 11 is 7.97. The van der Waals surface area contributed by atoms with Crippen molar-refractivity contribution in [1.29, 1.82) is 0 Å². The van der Waals surface area contributed by atoms with E-state index in [2.05, 4.69) is 10.0 Å². The summed E-state index contributed by atoms with van der Waals surface area (Å²) in [6.45, 7) is 0. The number of benzene rings is 2. The maximum Gasteiger partial charge on any atom is 0.256 e. The molecule has 0 radical (unpaired) electrons. The Labute approximate surface area is 158 Å². The van der Waals surface area contributed by atoms with Crippen molar-refractivity contribution in [2.75, 3.05) is 23.4 Å². The van der Waals surface area contributed by atoms with E-state index in [4.69, 9.17) is 16.3 Å². The van der Waals surface area contributed by atoms with Gasteiger partial charge in [-0.25, -0.2) is 8.42 Å². The van der Waals surface area contributed by atoms with Gasteiger partial charge in [-0.15, -0.1) is 0 Å². The second kappa shape index (κ2) is 7.58. The molecule has 0 spiro atoms. The Morgan fingerprint density at radius 1 is 1.21 bits per heavy atom. The number of rotatable bonds is 5. The number of carbonyl (C=O) groups excluding carboxylic acids is 1. The van der Waals surface area contributed by atoms with E-state index >= 15 is 0 Å². The van der Waals surface area contributed by atoms with Crippen LogP contribution >= 0.6 is 34.2 Å². The minimum absolute atomic E-state index is 0.287. The predicted molar refractivity (Wildman–Crippen MR) is 104 cm³/mol. The lowest BCUT2D eigenvalue weighted by molar-refractivity contribution is 0.102. The summed E-state index contributed by atoms with van der Waals surface area (Å²) in [5.74, 6) is -0.0354. The minimum Gasteiger partial charge on any atom is -0.494 e. The van der Waals surface area contributed by atoms with Gasteiger partial charge in [-0.1, -0.05) is 11.6 Å². The fourth-order valence-corrected chi connectivity index (χ4v) is 3.24. The van der Waals surface area contributed by atoms with E-state index in [0.29, 0.717) is 22.0 Å². The smallest absolute Gasteiger partial charge is 0.256 e. The van der Waals surface area contributed by atoms with Crippen LogP contribution in [0, 0.1) is 3.57 Å². The number of hydrogen-bond donors (Lipinski definition) is 2. The summed E-state index contributed by atoms with van der Waals surface area (Å²) in [6, 6.07) is 9.65. The quantitative estimate of drug-likeness (QED) is 0.641. The summed E-state index contributed by atoms with van der Waals surface area (Å²) < 4.78 is 30.9. The van der Waals surface area contributed by atoms with Gasteiger partial charge in [0.2, 0.25) is 10.0 Å². The maximum atomic E-state index is 12.4. The highest BCUT2D eigenvalue weighted by Crippen LogP contribution is 2.29. The van der Waals surface area contributed by atoms with Gasteiger partial charge in [0, 0.05) is 20.3 Å². The summed E-state index contributed by atoms with van der Waals surface area (Å²) in [4.78, 5) is 12.4. The molecule has 24 heavy (non-hydrogen) atoms. The molecule has 128 valence electrons. The summed E-state index contributed by atoms with van der Waals surface area (Å²) in [7, 11) is -2.02. The van der Waals surface area contributed by atoms with Crippen molar-refractivity contribution in [1.82, 2.24) is 0 Å². The Morgan fingerprint density at radius 2 is 1.92 bits per heavy atom. The normalized spacial score (nSPS) is 11.0. The molecule has 0 atom stereocenters. The van der Waals surface area contributed by atoms with Gasteiger partial charge in [0.15, 0.2) is 0 Å². The molecule has 0 fully saturated rings. The Morgan fingerprint density at radius 3 is 2.54 bits per heavy atom. The largest absolute Gasteiger partial charge is 0.494 e. The van der Waals surface area contributed by atoms with Gasteiger partial charge in [0.05, 0.1) is 24.6 Å². The zero-order valence-corrected chi connectivity index (χ0v) is 16.5. The molecule has 0 unspecified atom stereocenters. The van der Waals surface area contributed by atoms with Crippen molar-refractivity contribution in [2.24, 2.45) is 0 Å². The lowest BCUT2D eigenvalue weighted by atomic mass is 10.2. The molecule has 0 aliphatic carbocycles. The van der Waals surface area contributed by atoms with Crippen LogP contribution in [0.3, 0.4) is 0 Å². The number of halogens is 2. The molecule has 0 aliphatic rings. The van der Waals surface area contributed by atoms with Crippen LogP contribution in [0.5, 0.6) is 5.75 Å². The van der Waals surface area contributed by atoms with Gasteiger partial charge in [-0.05, 0) is 52.9 Å². The third-order valence-electron chi connectivity index (χ3n) is 2.93. The van der Waals surface area contributed by atoms with E-state index in [1.54, 1.807) is 24.3 Å². The first-order chi connectivity index (χ1) is 11.2. The number of hydrogen-bond acceptors (Lipinski definition) is 4. The molecule has 6 nitrogen and oxygen atoms in total. The van der Waals surface area contributed by atoms with E-state index < -0.39 is 10.0 Å². The third-order valence-corrected chi connectivity index (χ3v) is 4.69. The fourth-order valence-electron chi connectivity index (χ4n) is 1.92. The van der Waals surface area contributed by atoms with Crippen molar-refractivity contribution < 1.29 is 17.9 Å². The van der Waals surface area contributed by atoms with Crippen LogP contribution in [0.2, 0.25) is 5.02 Å². The summed E-state index contributed by atoms with van der Waals surface area (Å²) in [5.41, 5.74) is 1.20. The van der Waals surface area contributed by atoms with Crippen molar-refractivity contribution in [3.05, 3.63) is 50.6 Å². The number of methoxy groups -OCH3 is 1. The van der Waals surface area contributed by atoms with Crippen molar-refractivity contribution in [3.8, 4) is 5.75 Å². The van der Waals surface area contributed by atoms with Crippen LogP contribution in [0.1, 0.15) is 10.4 Å². The number of carbonyl (C=O) groups is 1. The zero-order valence-electron chi connectivity index (χ0n) is 12.8. The van der Waals surface area contributed by atoms with Gasteiger partial charge in [-0.3, -0.25) is 9.52 Å². The highest BCUT2D eigenvalue weighted by molar-refractivity contribution is 14.1.